The Morgan fingerprint density at radius 2 is 2.11 bits per heavy atom. The molecule has 0 atom stereocenters. The highest BCUT2D eigenvalue weighted by Gasteiger charge is 2.32. The summed E-state index contributed by atoms with van der Waals surface area (Å²) in [6.45, 7) is 0. The molecule has 138 valence electrons. The molecule has 1 heterocycles. The van der Waals surface area contributed by atoms with Crippen LogP contribution in [0.25, 0.3) is 6.08 Å². The van der Waals surface area contributed by atoms with Gasteiger partial charge in [-0.3, -0.25) is 19.8 Å². The van der Waals surface area contributed by atoms with Gasteiger partial charge in [0.1, 0.15) is 5.70 Å². The Morgan fingerprint density at radius 1 is 1.37 bits per heavy atom. The van der Waals surface area contributed by atoms with Crippen LogP contribution < -0.4 is 15.0 Å². The van der Waals surface area contributed by atoms with Gasteiger partial charge in [0.15, 0.2) is 10.9 Å². The fourth-order valence-corrected chi connectivity index (χ4v) is 3.03. The van der Waals surface area contributed by atoms with Gasteiger partial charge in [-0.05, 0) is 48.1 Å². The summed E-state index contributed by atoms with van der Waals surface area (Å²) in [7, 11) is 1.27. The van der Waals surface area contributed by atoms with Crippen LogP contribution in [-0.4, -0.2) is 28.2 Å². The van der Waals surface area contributed by atoms with Gasteiger partial charge in [-0.2, -0.15) is 0 Å². The topological polar surface area (TPSA) is 105 Å². The summed E-state index contributed by atoms with van der Waals surface area (Å²) in [5.41, 5.74) is 0.341. The molecule has 1 fully saturated rings. The normalized spacial score (nSPS) is 15.2. The van der Waals surface area contributed by atoms with E-state index in [9.17, 15) is 20.0 Å². The van der Waals surface area contributed by atoms with E-state index in [0.29, 0.717) is 10.7 Å². The second-order valence-corrected chi connectivity index (χ2v) is 6.28. The van der Waals surface area contributed by atoms with Crippen LogP contribution in [0.1, 0.15) is 5.56 Å². The number of amides is 1. The van der Waals surface area contributed by atoms with Crippen molar-refractivity contribution in [2.75, 3.05) is 12.0 Å². The number of nitro benzene ring substituents is 1. The van der Waals surface area contributed by atoms with Crippen LogP contribution in [0.4, 0.5) is 11.4 Å². The molecule has 1 aliphatic heterocycles. The van der Waals surface area contributed by atoms with Crippen LogP contribution in [0.3, 0.4) is 0 Å². The zero-order chi connectivity index (χ0) is 19.7. The number of benzene rings is 2. The van der Waals surface area contributed by atoms with Crippen LogP contribution in [0.2, 0.25) is 5.02 Å². The predicted molar refractivity (Wildman–Crippen MR) is 104 cm³/mol. The van der Waals surface area contributed by atoms with Gasteiger partial charge in [0.2, 0.25) is 5.75 Å². The average molecular weight is 406 g/mol. The Labute approximate surface area is 163 Å². The highest BCUT2D eigenvalue weighted by Crippen LogP contribution is 2.37. The van der Waals surface area contributed by atoms with Gasteiger partial charge in [-0.25, -0.2) is 0 Å². The summed E-state index contributed by atoms with van der Waals surface area (Å²) in [6.07, 6.45) is 1.38. The number of hydrogen-bond donors (Lipinski definition) is 2. The molecule has 0 aliphatic carbocycles. The minimum absolute atomic E-state index is 0.0873. The molecule has 0 saturated carbocycles. The third kappa shape index (κ3) is 3.55. The Bertz CT molecular complexity index is 1010. The second-order valence-electron chi connectivity index (χ2n) is 5.46. The van der Waals surface area contributed by atoms with E-state index >= 15 is 0 Å². The minimum Gasteiger partial charge on any atom is -0.500 e. The quantitative estimate of drug-likeness (QED) is 0.348. The van der Waals surface area contributed by atoms with Crippen molar-refractivity contribution in [3.63, 3.8) is 0 Å². The number of rotatable bonds is 4. The van der Waals surface area contributed by atoms with E-state index in [1.807, 2.05) is 0 Å². The number of phenols is 1. The van der Waals surface area contributed by atoms with Gasteiger partial charge in [-0.15, -0.1) is 0 Å². The Morgan fingerprint density at radius 3 is 2.74 bits per heavy atom. The minimum atomic E-state index is -0.743. The summed E-state index contributed by atoms with van der Waals surface area (Å²) in [5.74, 6) is -1.13. The van der Waals surface area contributed by atoms with Crippen LogP contribution in [-0.2, 0) is 4.79 Å². The maximum atomic E-state index is 12.7. The number of halogens is 1. The van der Waals surface area contributed by atoms with Crippen molar-refractivity contribution >= 4 is 52.3 Å². The second kappa shape index (κ2) is 7.22. The SMILES string of the molecule is COc1cc(/C=C2\NC(=S)N(c3cccc(Cl)c3)C2=O)cc([N+](=O)[O-])c1O. The fraction of sp³-hybridized carbons (Fsp3) is 0.0588. The van der Waals surface area contributed by atoms with Gasteiger partial charge in [0.05, 0.1) is 17.7 Å². The third-order valence-corrected chi connectivity index (χ3v) is 4.27. The molecule has 2 N–H and O–H groups in total. The number of ether oxygens (including phenoxy) is 1. The lowest BCUT2D eigenvalue weighted by Gasteiger charge is -2.13. The van der Waals surface area contributed by atoms with Gasteiger partial charge < -0.3 is 15.2 Å². The first kappa shape index (κ1) is 18.6. The number of aromatic hydroxyl groups is 1. The summed E-state index contributed by atoms with van der Waals surface area (Å²) in [4.78, 5) is 24.4. The molecule has 3 rings (SSSR count). The summed E-state index contributed by atoms with van der Waals surface area (Å²) in [5, 5.41) is 24.3. The Hall–Kier alpha value is -3.17. The molecule has 0 bridgehead atoms. The Balaban J connectivity index is 2.01. The zero-order valence-corrected chi connectivity index (χ0v) is 15.4. The molecule has 1 saturated heterocycles. The standard InChI is InChI=1S/C17H12ClN3O5S/c1-26-14-7-9(6-13(15(14)22)21(24)25)5-12-16(23)20(17(27)19-12)11-4-2-3-10(18)8-11/h2-8,22H,1H3,(H,19,27)/b12-5-. The largest absolute Gasteiger partial charge is 0.500 e. The van der Waals surface area contributed by atoms with Crippen LogP contribution in [0.5, 0.6) is 11.5 Å². The monoisotopic (exact) mass is 405 g/mol. The first-order valence-electron chi connectivity index (χ1n) is 7.50. The van der Waals surface area contributed by atoms with Crippen LogP contribution in [0.15, 0.2) is 42.1 Å². The molecule has 0 unspecified atom stereocenters. The van der Waals surface area contributed by atoms with Crippen molar-refractivity contribution in [2.24, 2.45) is 0 Å². The van der Waals surface area contributed by atoms with E-state index in [0.717, 1.165) is 6.07 Å². The molecule has 10 heteroatoms. The number of phenolic OH excluding ortho intramolecular Hbond substituents is 1. The molecular formula is C17H12ClN3O5S. The number of anilines is 1. The van der Waals surface area contributed by atoms with Crippen molar-refractivity contribution in [1.29, 1.82) is 0 Å². The van der Waals surface area contributed by atoms with Crippen LogP contribution >= 0.6 is 23.8 Å². The Kier molecular flexibility index (Phi) is 4.98. The number of carbonyl (C=O) groups excluding carboxylic acids is 1. The molecule has 27 heavy (non-hydrogen) atoms. The molecule has 1 aliphatic rings. The maximum Gasteiger partial charge on any atom is 0.315 e. The molecule has 2 aromatic carbocycles. The molecule has 8 nitrogen and oxygen atoms in total. The van der Waals surface area contributed by atoms with E-state index in [2.05, 4.69) is 5.32 Å². The lowest BCUT2D eigenvalue weighted by atomic mass is 10.1. The van der Waals surface area contributed by atoms with Gasteiger partial charge in [0, 0.05) is 11.1 Å². The lowest BCUT2D eigenvalue weighted by Crippen LogP contribution is -2.30. The van der Waals surface area contributed by atoms with Crippen LogP contribution in [0, 0.1) is 10.1 Å². The number of hydrogen-bond acceptors (Lipinski definition) is 6. The highest BCUT2D eigenvalue weighted by molar-refractivity contribution is 7.80. The molecule has 1 amide bonds. The number of thiocarbonyl (C=S) groups is 1. The van der Waals surface area contributed by atoms with Crippen molar-refractivity contribution in [3.05, 3.63) is 62.8 Å². The number of carbonyl (C=O) groups is 1. The predicted octanol–water partition coefficient (Wildman–Crippen LogP) is 3.22. The molecule has 2 aromatic rings. The van der Waals surface area contributed by atoms with E-state index in [1.54, 1.807) is 24.3 Å². The molecule has 0 aromatic heterocycles. The smallest absolute Gasteiger partial charge is 0.315 e. The van der Waals surface area contributed by atoms with E-state index < -0.39 is 22.3 Å². The first-order chi connectivity index (χ1) is 12.8. The number of nitrogens with zero attached hydrogens (tertiary/aromatic N) is 2. The van der Waals surface area contributed by atoms with E-state index in [4.69, 9.17) is 28.6 Å². The zero-order valence-electron chi connectivity index (χ0n) is 13.8. The maximum absolute atomic E-state index is 12.7. The van der Waals surface area contributed by atoms with Gasteiger partial charge in [-0.1, -0.05) is 17.7 Å². The first-order valence-corrected chi connectivity index (χ1v) is 8.28. The van der Waals surface area contributed by atoms with Crippen molar-refractivity contribution in [2.45, 2.75) is 0 Å². The van der Waals surface area contributed by atoms with Gasteiger partial charge >= 0.3 is 5.69 Å². The molecular weight excluding hydrogens is 394 g/mol. The van der Waals surface area contributed by atoms with E-state index in [1.165, 1.54) is 24.2 Å². The summed E-state index contributed by atoms with van der Waals surface area (Å²) in [6, 6.07) is 9.12. The van der Waals surface area contributed by atoms with Crippen molar-refractivity contribution < 1.29 is 19.6 Å². The number of nitro groups is 1. The third-order valence-electron chi connectivity index (χ3n) is 3.75. The molecule has 0 radical (unpaired) electrons. The van der Waals surface area contributed by atoms with Crippen molar-refractivity contribution in [1.82, 2.24) is 5.32 Å². The highest BCUT2D eigenvalue weighted by atomic mass is 35.5. The molecule has 0 spiro atoms. The summed E-state index contributed by atoms with van der Waals surface area (Å²) < 4.78 is 4.95. The number of nitrogens with one attached hydrogen (secondary N) is 1. The average Bonchev–Trinajstić information content (AvgIpc) is 2.89. The van der Waals surface area contributed by atoms with Gasteiger partial charge in [0.25, 0.3) is 5.91 Å². The summed E-state index contributed by atoms with van der Waals surface area (Å²) >= 11 is 11.2. The lowest BCUT2D eigenvalue weighted by molar-refractivity contribution is -0.386. The number of methoxy groups -OCH3 is 1. The van der Waals surface area contributed by atoms with E-state index in [-0.39, 0.29) is 22.1 Å². The fourth-order valence-electron chi connectivity index (χ4n) is 2.54. The van der Waals surface area contributed by atoms with Crippen molar-refractivity contribution in [3.8, 4) is 11.5 Å².